The zero-order valence-electron chi connectivity index (χ0n) is 11.7. The van der Waals surface area contributed by atoms with Crippen LogP contribution in [0.4, 0.5) is 30.7 Å². The molecule has 0 aliphatic rings. The highest BCUT2D eigenvalue weighted by Gasteiger charge is 2.45. The van der Waals surface area contributed by atoms with Gasteiger partial charge >= 0.3 is 18.4 Å². The third-order valence-electron chi connectivity index (χ3n) is 1.99. The Kier molecular flexibility index (Phi) is 7.72. The second-order valence-corrected chi connectivity index (χ2v) is 4.60. The lowest BCUT2D eigenvalue weighted by molar-refractivity contribution is -0.395. The topological polar surface area (TPSA) is 44.8 Å². The second kappa shape index (κ2) is 8.06. The number of hydrogen-bond acceptors (Lipinski definition) is 4. The first-order chi connectivity index (χ1) is 9.74. The van der Waals surface area contributed by atoms with Crippen LogP contribution in [0, 0.1) is 5.92 Å². The van der Waals surface area contributed by atoms with Crippen LogP contribution >= 0.6 is 0 Å². The third-order valence-corrected chi connectivity index (χ3v) is 1.99. The molecule has 0 aromatic carbocycles. The summed E-state index contributed by atoms with van der Waals surface area (Å²) in [4.78, 5) is 11.1. The van der Waals surface area contributed by atoms with Gasteiger partial charge in [0.2, 0.25) is 0 Å². The molecule has 0 spiro atoms. The molecule has 0 bridgehead atoms. The van der Waals surface area contributed by atoms with Gasteiger partial charge < -0.3 is 9.47 Å². The average molecular weight is 344 g/mol. The molecule has 0 atom stereocenters. The molecule has 11 heteroatoms. The SMILES string of the molecule is CC(C)C(=O)COCC(F)(F)OC(F)(F)COCC(F)(F)F. The number of carbonyl (C=O) groups excluding carboxylic acids is 1. The van der Waals surface area contributed by atoms with E-state index in [2.05, 4.69) is 14.2 Å². The van der Waals surface area contributed by atoms with E-state index in [1.165, 1.54) is 13.8 Å². The summed E-state index contributed by atoms with van der Waals surface area (Å²) >= 11 is 0. The van der Waals surface area contributed by atoms with Crippen LogP contribution in [-0.2, 0) is 19.0 Å². The van der Waals surface area contributed by atoms with Crippen molar-refractivity contribution in [1.29, 1.82) is 0 Å². The summed E-state index contributed by atoms with van der Waals surface area (Å²) in [5.41, 5.74) is 0. The van der Waals surface area contributed by atoms with Crippen molar-refractivity contribution in [2.45, 2.75) is 32.2 Å². The van der Waals surface area contributed by atoms with Gasteiger partial charge in [-0.25, -0.2) is 0 Å². The first-order valence-corrected chi connectivity index (χ1v) is 5.95. The summed E-state index contributed by atoms with van der Waals surface area (Å²) in [5.74, 6) is -1.03. The van der Waals surface area contributed by atoms with E-state index in [-0.39, 0.29) is 0 Å². The Morgan fingerprint density at radius 2 is 1.32 bits per heavy atom. The highest BCUT2D eigenvalue weighted by molar-refractivity contribution is 5.81. The minimum atomic E-state index is -4.88. The van der Waals surface area contributed by atoms with Crippen LogP contribution in [0.2, 0.25) is 0 Å². The maximum atomic E-state index is 13.0. The van der Waals surface area contributed by atoms with Crippen molar-refractivity contribution in [3.63, 3.8) is 0 Å². The summed E-state index contributed by atoms with van der Waals surface area (Å²) in [6, 6.07) is 0. The van der Waals surface area contributed by atoms with Crippen LogP contribution in [0.5, 0.6) is 0 Å². The molecule has 0 unspecified atom stereocenters. The molecular weight excluding hydrogens is 329 g/mol. The number of alkyl halides is 7. The van der Waals surface area contributed by atoms with E-state index in [9.17, 15) is 35.5 Å². The lowest BCUT2D eigenvalue weighted by Crippen LogP contribution is -2.40. The molecule has 132 valence electrons. The van der Waals surface area contributed by atoms with E-state index in [4.69, 9.17) is 0 Å². The fraction of sp³-hybridized carbons (Fsp3) is 0.909. The van der Waals surface area contributed by atoms with Gasteiger partial charge in [-0.15, -0.1) is 0 Å². The molecule has 4 nitrogen and oxygen atoms in total. The molecule has 0 aromatic rings. The van der Waals surface area contributed by atoms with Gasteiger partial charge in [0.25, 0.3) is 0 Å². The Bertz CT molecular complexity index is 355. The smallest absolute Gasteiger partial charge is 0.365 e. The molecule has 0 aromatic heterocycles. The molecule has 0 saturated heterocycles. The van der Waals surface area contributed by atoms with Crippen molar-refractivity contribution in [2.24, 2.45) is 5.92 Å². The van der Waals surface area contributed by atoms with E-state index in [0.29, 0.717) is 0 Å². The van der Waals surface area contributed by atoms with E-state index >= 15 is 0 Å². The van der Waals surface area contributed by atoms with Gasteiger partial charge in [0.1, 0.15) is 26.4 Å². The van der Waals surface area contributed by atoms with Crippen LogP contribution in [0.25, 0.3) is 0 Å². The predicted octanol–water partition coefficient (Wildman–Crippen LogP) is 3.01. The Hall–Kier alpha value is -0.940. The normalized spacial score (nSPS) is 13.7. The van der Waals surface area contributed by atoms with Crippen LogP contribution < -0.4 is 0 Å². The summed E-state index contributed by atoms with van der Waals surface area (Å²) in [6.07, 6.45) is -14.0. The molecule has 0 radical (unpaired) electrons. The van der Waals surface area contributed by atoms with Gasteiger partial charge in [-0.05, 0) is 0 Å². The number of carbonyl (C=O) groups is 1. The number of hydrogen-bond donors (Lipinski definition) is 0. The van der Waals surface area contributed by atoms with Crippen molar-refractivity contribution in [3.8, 4) is 0 Å². The maximum absolute atomic E-state index is 13.0. The van der Waals surface area contributed by atoms with E-state index < -0.39 is 56.5 Å². The van der Waals surface area contributed by atoms with Gasteiger partial charge in [0.15, 0.2) is 5.78 Å². The van der Waals surface area contributed by atoms with Gasteiger partial charge in [-0.2, -0.15) is 30.7 Å². The highest BCUT2D eigenvalue weighted by Crippen LogP contribution is 2.28. The van der Waals surface area contributed by atoms with Crippen LogP contribution in [0.15, 0.2) is 0 Å². The molecule has 0 amide bonds. The number of Topliss-reactive ketones (excluding diaryl/α,β-unsaturated/α-hetero) is 1. The van der Waals surface area contributed by atoms with Crippen molar-refractivity contribution in [1.82, 2.24) is 0 Å². The summed E-state index contributed by atoms with van der Waals surface area (Å²) in [6.45, 7) is -3.46. The first kappa shape index (κ1) is 21.1. The van der Waals surface area contributed by atoms with Crippen molar-refractivity contribution in [3.05, 3.63) is 0 Å². The largest absolute Gasteiger partial charge is 0.411 e. The lowest BCUT2D eigenvalue weighted by atomic mass is 10.1. The molecule has 0 aliphatic heterocycles. The molecular formula is C11H15F7O4. The quantitative estimate of drug-likeness (QED) is 0.572. The zero-order valence-corrected chi connectivity index (χ0v) is 11.7. The third kappa shape index (κ3) is 10.7. The van der Waals surface area contributed by atoms with Gasteiger partial charge in [0, 0.05) is 5.92 Å². The average Bonchev–Trinajstić information content (AvgIpc) is 2.24. The minimum Gasteiger partial charge on any atom is -0.365 e. The van der Waals surface area contributed by atoms with E-state index in [1.807, 2.05) is 0 Å². The molecule has 0 aliphatic carbocycles. The molecule has 0 fully saturated rings. The predicted molar refractivity (Wildman–Crippen MR) is 58.5 cm³/mol. The highest BCUT2D eigenvalue weighted by atomic mass is 19.4. The Labute approximate surface area is 121 Å². The molecule has 0 heterocycles. The van der Waals surface area contributed by atoms with E-state index in [0.717, 1.165) is 0 Å². The van der Waals surface area contributed by atoms with Gasteiger partial charge in [-0.1, -0.05) is 13.8 Å². The lowest BCUT2D eigenvalue weighted by Gasteiger charge is -2.23. The number of rotatable bonds is 10. The first-order valence-electron chi connectivity index (χ1n) is 5.95. The zero-order chi connectivity index (χ0) is 17.6. The molecule has 0 rings (SSSR count). The van der Waals surface area contributed by atoms with Crippen LogP contribution in [0.1, 0.15) is 13.8 Å². The standard InChI is InChI=1S/C11H15F7O4/c1-7(2)8(19)3-20-5-10(15,16)22-11(17,18)6-21-4-9(12,13)14/h7H,3-6H2,1-2H3. The summed E-state index contributed by atoms with van der Waals surface area (Å²) in [7, 11) is 0. The fourth-order valence-electron chi connectivity index (χ4n) is 1.00. The Morgan fingerprint density at radius 1 is 0.864 bits per heavy atom. The fourth-order valence-corrected chi connectivity index (χ4v) is 1.00. The minimum absolute atomic E-state index is 0.494. The maximum Gasteiger partial charge on any atom is 0.411 e. The monoisotopic (exact) mass is 344 g/mol. The van der Waals surface area contributed by atoms with Crippen molar-refractivity contribution < 1.29 is 49.7 Å². The Morgan fingerprint density at radius 3 is 1.73 bits per heavy atom. The summed E-state index contributed by atoms with van der Waals surface area (Å²) in [5, 5.41) is 0. The summed E-state index contributed by atoms with van der Waals surface area (Å²) < 4.78 is 97.7. The van der Waals surface area contributed by atoms with Gasteiger partial charge in [-0.3, -0.25) is 9.53 Å². The molecule has 0 N–H and O–H groups in total. The van der Waals surface area contributed by atoms with Crippen LogP contribution in [0.3, 0.4) is 0 Å². The number of ketones is 1. The van der Waals surface area contributed by atoms with Crippen molar-refractivity contribution in [2.75, 3.05) is 26.4 Å². The molecule has 0 saturated carbocycles. The molecule has 22 heavy (non-hydrogen) atoms. The van der Waals surface area contributed by atoms with E-state index in [1.54, 1.807) is 0 Å². The Balaban J connectivity index is 4.22. The van der Waals surface area contributed by atoms with Gasteiger partial charge in [0.05, 0.1) is 0 Å². The second-order valence-electron chi connectivity index (χ2n) is 4.60. The number of ether oxygens (including phenoxy) is 3. The van der Waals surface area contributed by atoms with Crippen LogP contribution in [-0.4, -0.2) is 50.6 Å². The number of halogens is 7. The van der Waals surface area contributed by atoms with Crippen molar-refractivity contribution >= 4 is 5.78 Å².